The second kappa shape index (κ2) is 6.78. The van der Waals surface area contributed by atoms with Gasteiger partial charge in [-0.25, -0.2) is 0 Å². The zero-order valence-corrected chi connectivity index (χ0v) is 16.3. The maximum atomic E-state index is 6.04. The third-order valence-corrected chi connectivity index (χ3v) is 5.64. The van der Waals surface area contributed by atoms with Crippen LogP contribution in [0.1, 0.15) is 0 Å². The van der Waals surface area contributed by atoms with Crippen LogP contribution < -0.4 is 5.32 Å². The Hall–Kier alpha value is -4.04. The smallest absolute Gasteiger partial charge is 0.136 e. The van der Waals surface area contributed by atoms with Gasteiger partial charge in [0.1, 0.15) is 11.2 Å². The van der Waals surface area contributed by atoms with Gasteiger partial charge in [0, 0.05) is 22.1 Å². The zero-order valence-electron chi connectivity index (χ0n) is 16.3. The predicted octanol–water partition coefficient (Wildman–Crippen LogP) is 8.15. The Bertz CT molecular complexity index is 1510. The monoisotopic (exact) mass is 385 g/mol. The fourth-order valence-corrected chi connectivity index (χ4v) is 4.09. The van der Waals surface area contributed by atoms with Crippen molar-refractivity contribution >= 4 is 44.1 Å². The van der Waals surface area contributed by atoms with Gasteiger partial charge in [0.15, 0.2) is 0 Å². The second-order valence-electron chi connectivity index (χ2n) is 7.57. The van der Waals surface area contributed by atoms with E-state index in [0.29, 0.717) is 0 Å². The van der Waals surface area contributed by atoms with E-state index >= 15 is 0 Å². The van der Waals surface area contributed by atoms with Crippen LogP contribution in [0.2, 0.25) is 0 Å². The molecule has 30 heavy (non-hydrogen) atoms. The van der Waals surface area contributed by atoms with Crippen LogP contribution in [0.15, 0.2) is 114 Å². The number of rotatable bonds is 3. The third kappa shape index (κ3) is 2.90. The zero-order chi connectivity index (χ0) is 19.9. The van der Waals surface area contributed by atoms with Gasteiger partial charge in [0.25, 0.3) is 0 Å². The highest BCUT2D eigenvalue weighted by molar-refractivity contribution is 6.05. The van der Waals surface area contributed by atoms with E-state index in [0.717, 1.165) is 38.9 Å². The largest absolute Gasteiger partial charge is 0.456 e. The minimum Gasteiger partial charge on any atom is -0.456 e. The number of fused-ring (bicyclic) bond motifs is 4. The summed E-state index contributed by atoms with van der Waals surface area (Å²) >= 11 is 0. The maximum Gasteiger partial charge on any atom is 0.136 e. The van der Waals surface area contributed by atoms with E-state index in [1.54, 1.807) is 0 Å². The van der Waals surface area contributed by atoms with E-state index in [1.165, 1.54) is 16.3 Å². The molecule has 142 valence electrons. The van der Waals surface area contributed by atoms with Crippen molar-refractivity contribution < 1.29 is 4.42 Å². The molecular formula is C28H19NO. The van der Waals surface area contributed by atoms with E-state index in [4.69, 9.17) is 4.42 Å². The molecule has 6 rings (SSSR count). The van der Waals surface area contributed by atoms with Crippen molar-refractivity contribution in [1.29, 1.82) is 0 Å². The molecule has 0 unspecified atom stereocenters. The molecule has 1 N–H and O–H groups in total. The molecule has 0 bridgehead atoms. The van der Waals surface area contributed by atoms with Gasteiger partial charge < -0.3 is 9.73 Å². The first kappa shape index (κ1) is 16.9. The van der Waals surface area contributed by atoms with E-state index in [-0.39, 0.29) is 0 Å². The Balaban J connectivity index is 1.30. The highest BCUT2D eigenvalue weighted by Crippen LogP contribution is 2.32. The molecule has 5 aromatic carbocycles. The Morgan fingerprint density at radius 3 is 2.07 bits per heavy atom. The van der Waals surface area contributed by atoms with Crippen molar-refractivity contribution in [2.75, 3.05) is 5.32 Å². The van der Waals surface area contributed by atoms with Gasteiger partial charge in [0.2, 0.25) is 0 Å². The van der Waals surface area contributed by atoms with Gasteiger partial charge >= 0.3 is 0 Å². The minimum absolute atomic E-state index is 0.923. The lowest BCUT2D eigenvalue weighted by atomic mass is 10.0. The molecule has 0 amide bonds. The summed E-state index contributed by atoms with van der Waals surface area (Å²) in [6.07, 6.45) is 0. The number of para-hydroxylation sites is 1. The average Bonchev–Trinajstić information content (AvgIpc) is 3.17. The summed E-state index contributed by atoms with van der Waals surface area (Å²) in [5, 5.41) is 8.31. The van der Waals surface area contributed by atoms with Gasteiger partial charge in [-0.15, -0.1) is 0 Å². The van der Waals surface area contributed by atoms with Gasteiger partial charge in [-0.3, -0.25) is 0 Å². The Labute approximate surface area is 174 Å². The molecule has 0 aliphatic carbocycles. The van der Waals surface area contributed by atoms with E-state index in [9.17, 15) is 0 Å². The molecular weight excluding hydrogens is 366 g/mol. The van der Waals surface area contributed by atoms with Crippen LogP contribution in [0.5, 0.6) is 0 Å². The molecule has 0 aliphatic rings. The minimum atomic E-state index is 0.923. The van der Waals surface area contributed by atoms with Crippen molar-refractivity contribution in [1.82, 2.24) is 0 Å². The summed E-state index contributed by atoms with van der Waals surface area (Å²) < 4.78 is 6.04. The fraction of sp³-hybridized carbons (Fsp3) is 0. The highest BCUT2D eigenvalue weighted by Gasteiger charge is 2.08. The fourth-order valence-electron chi connectivity index (χ4n) is 4.09. The van der Waals surface area contributed by atoms with Crippen molar-refractivity contribution in [3.63, 3.8) is 0 Å². The summed E-state index contributed by atoms with van der Waals surface area (Å²) in [5.41, 5.74) is 6.33. The third-order valence-electron chi connectivity index (χ3n) is 5.64. The van der Waals surface area contributed by atoms with Crippen LogP contribution in [-0.4, -0.2) is 0 Å². The van der Waals surface area contributed by atoms with Crippen LogP contribution in [-0.2, 0) is 0 Å². The van der Waals surface area contributed by atoms with Gasteiger partial charge in [0.05, 0.1) is 0 Å². The molecule has 1 heterocycles. The molecule has 2 heteroatoms. The van der Waals surface area contributed by atoms with Gasteiger partial charge in [-0.05, 0) is 64.4 Å². The number of hydrogen-bond acceptors (Lipinski definition) is 2. The molecule has 0 atom stereocenters. The molecule has 0 fully saturated rings. The summed E-state index contributed by atoms with van der Waals surface area (Å²) in [7, 11) is 0. The molecule has 0 radical (unpaired) electrons. The highest BCUT2D eigenvalue weighted by atomic mass is 16.3. The Morgan fingerprint density at radius 2 is 1.17 bits per heavy atom. The predicted molar refractivity (Wildman–Crippen MR) is 126 cm³/mol. The number of benzene rings is 5. The first-order valence-corrected chi connectivity index (χ1v) is 10.1. The number of nitrogens with one attached hydrogen (secondary N) is 1. The van der Waals surface area contributed by atoms with Crippen molar-refractivity contribution in [3.05, 3.63) is 109 Å². The molecule has 0 spiro atoms. The lowest BCUT2D eigenvalue weighted by molar-refractivity contribution is 0.669. The van der Waals surface area contributed by atoms with E-state index < -0.39 is 0 Å². The van der Waals surface area contributed by atoms with Crippen molar-refractivity contribution in [2.45, 2.75) is 0 Å². The lowest BCUT2D eigenvalue weighted by Gasteiger charge is -2.09. The number of hydrogen-bond donors (Lipinski definition) is 1. The lowest BCUT2D eigenvalue weighted by Crippen LogP contribution is -1.90. The van der Waals surface area contributed by atoms with E-state index in [2.05, 4.69) is 96.3 Å². The van der Waals surface area contributed by atoms with Crippen LogP contribution in [0, 0.1) is 0 Å². The van der Waals surface area contributed by atoms with Gasteiger partial charge in [-0.1, -0.05) is 66.7 Å². The summed E-state index contributed by atoms with van der Waals surface area (Å²) in [5.74, 6) is 0. The second-order valence-corrected chi connectivity index (χ2v) is 7.57. The van der Waals surface area contributed by atoms with Crippen LogP contribution in [0.3, 0.4) is 0 Å². The first-order valence-electron chi connectivity index (χ1n) is 10.1. The van der Waals surface area contributed by atoms with Crippen LogP contribution >= 0.6 is 0 Å². The molecule has 2 nitrogen and oxygen atoms in total. The Kier molecular flexibility index (Phi) is 3.82. The summed E-state index contributed by atoms with van der Waals surface area (Å²) in [4.78, 5) is 0. The normalized spacial score (nSPS) is 11.3. The quantitative estimate of drug-likeness (QED) is 0.332. The molecule has 1 aromatic heterocycles. The molecule has 6 aromatic rings. The molecule has 0 saturated heterocycles. The SMILES string of the molecule is c1ccc2cc(Nc3ccc(-c4ccc5c(c4)oc4ccccc45)cc3)ccc2c1. The summed E-state index contributed by atoms with van der Waals surface area (Å²) in [6, 6.07) is 38.0. The van der Waals surface area contributed by atoms with Crippen LogP contribution in [0.4, 0.5) is 11.4 Å². The Morgan fingerprint density at radius 1 is 0.467 bits per heavy atom. The van der Waals surface area contributed by atoms with Crippen molar-refractivity contribution in [2.24, 2.45) is 0 Å². The van der Waals surface area contributed by atoms with Gasteiger partial charge in [-0.2, -0.15) is 0 Å². The number of anilines is 2. The number of furan rings is 1. The summed E-state index contributed by atoms with van der Waals surface area (Å²) in [6.45, 7) is 0. The average molecular weight is 385 g/mol. The van der Waals surface area contributed by atoms with E-state index in [1.807, 2.05) is 18.2 Å². The van der Waals surface area contributed by atoms with Crippen LogP contribution in [0.25, 0.3) is 43.8 Å². The topological polar surface area (TPSA) is 25.2 Å². The standard InChI is InChI=1S/C28H19NO/c1-2-6-21-17-24(15-11-19(21)5-1)29-23-13-9-20(10-14-23)22-12-16-26-25-7-3-4-8-27(25)30-28(26)18-22/h1-18,29H. The molecule has 0 aliphatic heterocycles. The maximum absolute atomic E-state index is 6.04. The first-order chi connectivity index (χ1) is 14.8. The van der Waals surface area contributed by atoms with Crippen molar-refractivity contribution in [3.8, 4) is 11.1 Å². The molecule has 0 saturated carbocycles.